The van der Waals surface area contributed by atoms with Crippen molar-refractivity contribution < 1.29 is 4.52 Å². The minimum absolute atomic E-state index is 0.0928. The second kappa shape index (κ2) is 5.31. The average molecular weight is 245 g/mol. The molecule has 0 saturated heterocycles. The van der Waals surface area contributed by atoms with Gasteiger partial charge in [-0.05, 0) is 43.5 Å². The first-order valence-corrected chi connectivity index (χ1v) is 6.26. The Morgan fingerprint density at radius 2 is 2.06 bits per heavy atom. The SMILES string of the molecule is CCC(N)Cc1noc(-c2ccc(C)c(C)c2)n1. The van der Waals surface area contributed by atoms with Gasteiger partial charge in [0.1, 0.15) is 0 Å². The Morgan fingerprint density at radius 1 is 1.28 bits per heavy atom. The van der Waals surface area contributed by atoms with Gasteiger partial charge in [0.25, 0.3) is 5.89 Å². The number of aromatic nitrogens is 2. The Hall–Kier alpha value is -1.68. The van der Waals surface area contributed by atoms with Crippen molar-refractivity contribution in [3.63, 3.8) is 0 Å². The van der Waals surface area contributed by atoms with Gasteiger partial charge in [-0.3, -0.25) is 0 Å². The standard InChI is InChI=1S/C14H19N3O/c1-4-12(15)8-13-16-14(18-17-13)11-6-5-9(2)10(3)7-11/h5-7,12H,4,8,15H2,1-3H3. The van der Waals surface area contributed by atoms with Crippen molar-refractivity contribution in [1.82, 2.24) is 10.1 Å². The second-order valence-electron chi connectivity index (χ2n) is 4.69. The first-order valence-electron chi connectivity index (χ1n) is 6.26. The number of hydrogen-bond acceptors (Lipinski definition) is 4. The smallest absolute Gasteiger partial charge is 0.257 e. The van der Waals surface area contributed by atoms with Crippen molar-refractivity contribution in [2.45, 2.75) is 39.7 Å². The van der Waals surface area contributed by atoms with Gasteiger partial charge in [-0.15, -0.1) is 0 Å². The normalized spacial score (nSPS) is 12.7. The highest BCUT2D eigenvalue weighted by molar-refractivity contribution is 5.55. The third-order valence-electron chi connectivity index (χ3n) is 3.19. The van der Waals surface area contributed by atoms with Crippen LogP contribution in [0.4, 0.5) is 0 Å². The Balaban J connectivity index is 2.21. The molecule has 2 rings (SSSR count). The maximum atomic E-state index is 5.88. The molecule has 1 aromatic heterocycles. The summed E-state index contributed by atoms with van der Waals surface area (Å²) in [6.45, 7) is 6.21. The molecule has 4 nitrogen and oxygen atoms in total. The monoisotopic (exact) mass is 245 g/mol. The lowest BCUT2D eigenvalue weighted by molar-refractivity contribution is 0.419. The lowest BCUT2D eigenvalue weighted by atomic mass is 10.1. The van der Waals surface area contributed by atoms with Gasteiger partial charge >= 0.3 is 0 Å². The highest BCUT2D eigenvalue weighted by Crippen LogP contribution is 2.20. The lowest BCUT2D eigenvalue weighted by Crippen LogP contribution is -2.21. The molecule has 2 aromatic rings. The predicted molar refractivity (Wildman–Crippen MR) is 71.2 cm³/mol. The summed E-state index contributed by atoms with van der Waals surface area (Å²) >= 11 is 0. The number of hydrogen-bond donors (Lipinski definition) is 1. The molecule has 96 valence electrons. The third kappa shape index (κ3) is 2.76. The van der Waals surface area contributed by atoms with Crippen molar-refractivity contribution in [3.8, 4) is 11.5 Å². The molecule has 1 aromatic carbocycles. The van der Waals surface area contributed by atoms with E-state index < -0.39 is 0 Å². The fourth-order valence-corrected chi connectivity index (χ4v) is 1.71. The topological polar surface area (TPSA) is 64.9 Å². The minimum atomic E-state index is 0.0928. The summed E-state index contributed by atoms with van der Waals surface area (Å²) < 4.78 is 5.27. The van der Waals surface area contributed by atoms with Crippen molar-refractivity contribution in [1.29, 1.82) is 0 Å². The molecule has 0 spiro atoms. The number of nitrogens with zero attached hydrogens (tertiary/aromatic N) is 2. The van der Waals surface area contributed by atoms with Crippen LogP contribution in [-0.2, 0) is 6.42 Å². The van der Waals surface area contributed by atoms with E-state index in [4.69, 9.17) is 10.3 Å². The molecule has 0 fully saturated rings. The zero-order valence-electron chi connectivity index (χ0n) is 11.1. The largest absolute Gasteiger partial charge is 0.334 e. The van der Waals surface area contributed by atoms with Crippen LogP contribution in [-0.4, -0.2) is 16.2 Å². The highest BCUT2D eigenvalue weighted by Gasteiger charge is 2.11. The molecular formula is C14H19N3O. The van der Waals surface area contributed by atoms with Gasteiger partial charge in [0.05, 0.1) is 0 Å². The van der Waals surface area contributed by atoms with Crippen LogP contribution in [0.5, 0.6) is 0 Å². The zero-order valence-corrected chi connectivity index (χ0v) is 11.1. The molecule has 0 aliphatic carbocycles. The second-order valence-corrected chi connectivity index (χ2v) is 4.69. The molecule has 1 unspecified atom stereocenters. The molecule has 2 N–H and O–H groups in total. The van der Waals surface area contributed by atoms with Gasteiger partial charge in [0, 0.05) is 18.0 Å². The summed E-state index contributed by atoms with van der Waals surface area (Å²) in [5.41, 5.74) is 9.31. The summed E-state index contributed by atoms with van der Waals surface area (Å²) in [4.78, 5) is 4.38. The maximum absolute atomic E-state index is 5.88. The zero-order chi connectivity index (χ0) is 13.1. The van der Waals surface area contributed by atoms with E-state index in [1.54, 1.807) is 0 Å². The van der Waals surface area contributed by atoms with E-state index in [-0.39, 0.29) is 6.04 Å². The Kier molecular flexibility index (Phi) is 3.77. The fourth-order valence-electron chi connectivity index (χ4n) is 1.71. The van der Waals surface area contributed by atoms with E-state index in [2.05, 4.69) is 43.0 Å². The van der Waals surface area contributed by atoms with E-state index in [0.717, 1.165) is 12.0 Å². The molecule has 1 atom stereocenters. The molecule has 0 aliphatic rings. The van der Waals surface area contributed by atoms with Gasteiger partial charge < -0.3 is 10.3 Å². The molecule has 4 heteroatoms. The van der Waals surface area contributed by atoms with Crippen LogP contribution in [0.2, 0.25) is 0 Å². The van der Waals surface area contributed by atoms with Crippen molar-refractivity contribution in [2.24, 2.45) is 5.73 Å². The lowest BCUT2D eigenvalue weighted by Gasteiger charge is -2.03. The predicted octanol–water partition coefficient (Wildman–Crippen LogP) is 2.63. The maximum Gasteiger partial charge on any atom is 0.257 e. The molecular weight excluding hydrogens is 226 g/mol. The van der Waals surface area contributed by atoms with E-state index in [1.165, 1.54) is 11.1 Å². The van der Waals surface area contributed by atoms with Crippen molar-refractivity contribution >= 4 is 0 Å². The van der Waals surface area contributed by atoms with E-state index in [9.17, 15) is 0 Å². The first kappa shape index (κ1) is 12.8. The number of nitrogens with two attached hydrogens (primary N) is 1. The molecule has 1 heterocycles. The number of aryl methyl sites for hydroxylation is 2. The van der Waals surface area contributed by atoms with Crippen LogP contribution in [0, 0.1) is 13.8 Å². The fraction of sp³-hybridized carbons (Fsp3) is 0.429. The quantitative estimate of drug-likeness (QED) is 0.899. The van der Waals surface area contributed by atoms with Crippen LogP contribution in [0.1, 0.15) is 30.3 Å². The summed E-state index contributed by atoms with van der Waals surface area (Å²) in [5.74, 6) is 1.24. The molecule has 0 amide bonds. The first-order chi connectivity index (χ1) is 8.60. The molecule has 18 heavy (non-hydrogen) atoms. The Labute approximate surface area is 107 Å². The number of rotatable bonds is 4. The minimum Gasteiger partial charge on any atom is -0.334 e. The average Bonchev–Trinajstić information content (AvgIpc) is 2.81. The van der Waals surface area contributed by atoms with Crippen LogP contribution >= 0.6 is 0 Å². The summed E-state index contributed by atoms with van der Waals surface area (Å²) in [5, 5.41) is 3.97. The van der Waals surface area contributed by atoms with Crippen LogP contribution < -0.4 is 5.73 Å². The summed E-state index contributed by atoms with van der Waals surface area (Å²) in [6.07, 6.45) is 1.57. The van der Waals surface area contributed by atoms with Crippen LogP contribution in [0.15, 0.2) is 22.7 Å². The van der Waals surface area contributed by atoms with Gasteiger partial charge in [-0.2, -0.15) is 4.98 Å². The third-order valence-corrected chi connectivity index (χ3v) is 3.19. The van der Waals surface area contributed by atoms with E-state index in [0.29, 0.717) is 18.1 Å². The van der Waals surface area contributed by atoms with Crippen molar-refractivity contribution in [2.75, 3.05) is 0 Å². The molecule has 0 aliphatic heterocycles. The van der Waals surface area contributed by atoms with Crippen LogP contribution in [0.25, 0.3) is 11.5 Å². The molecule has 0 radical (unpaired) electrons. The van der Waals surface area contributed by atoms with Crippen LogP contribution in [0.3, 0.4) is 0 Å². The van der Waals surface area contributed by atoms with E-state index in [1.807, 2.05) is 6.07 Å². The van der Waals surface area contributed by atoms with Gasteiger partial charge in [-0.1, -0.05) is 18.1 Å². The van der Waals surface area contributed by atoms with Gasteiger partial charge in [0.2, 0.25) is 0 Å². The van der Waals surface area contributed by atoms with Gasteiger partial charge in [-0.25, -0.2) is 0 Å². The highest BCUT2D eigenvalue weighted by atomic mass is 16.5. The van der Waals surface area contributed by atoms with Gasteiger partial charge in [0.15, 0.2) is 5.82 Å². The van der Waals surface area contributed by atoms with Crippen molar-refractivity contribution in [3.05, 3.63) is 35.2 Å². The Bertz CT molecular complexity index is 534. The summed E-state index contributed by atoms with van der Waals surface area (Å²) in [6, 6.07) is 6.22. The van der Waals surface area contributed by atoms with E-state index >= 15 is 0 Å². The Morgan fingerprint density at radius 3 is 2.72 bits per heavy atom. The molecule has 0 saturated carbocycles. The number of benzene rings is 1. The molecule has 0 bridgehead atoms. The summed E-state index contributed by atoms with van der Waals surface area (Å²) in [7, 11) is 0.